The third-order valence-electron chi connectivity index (χ3n) is 2.67. The van der Waals surface area contributed by atoms with Gasteiger partial charge in [0.05, 0.1) is 5.38 Å². The fourth-order valence-electron chi connectivity index (χ4n) is 2.16. The van der Waals surface area contributed by atoms with E-state index in [1.165, 1.54) is 16.9 Å². The first-order valence-electron chi connectivity index (χ1n) is 5.31. The van der Waals surface area contributed by atoms with Crippen LogP contribution in [0.2, 0.25) is 0 Å². The lowest BCUT2D eigenvalue weighted by Gasteiger charge is -2.05. The Hall–Kier alpha value is -1.68. The summed E-state index contributed by atoms with van der Waals surface area (Å²) in [7, 11) is 0. The highest BCUT2D eigenvalue weighted by Gasteiger charge is 2.25. The summed E-state index contributed by atoms with van der Waals surface area (Å²) in [5, 5.41) is 11.3. The summed E-state index contributed by atoms with van der Waals surface area (Å²) in [4.78, 5) is 11.1. The molecule has 0 fully saturated rings. The van der Waals surface area contributed by atoms with Gasteiger partial charge in [-0.25, -0.2) is 4.79 Å². The van der Waals surface area contributed by atoms with E-state index < -0.39 is 5.97 Å². The Kier molecular flexibility index (Phi) is 2.98. The number of aromatic nitrogens is 1. The number of thiazole rings is 1. The molecule has 0 saturated carbocycles. The molecule has 2 aromatic rings. The number of rotatable bonds is 2. The molecule has 1 aromatic heterocycles. The molecule has 0 bridgehead atoms. The number of hydrogen-bond acceptors (Lipinski definition) is 2. The first-order chi connectivity index (χ1) is 8.00. The van der Waals surface area contributed by atoms with Gasteiger partial charge in [0.15, 0.2) is 6.20 Å². The Balaban J connectivity index is 2.69. The molecule has 1 aromatic carbocycles. The average molecular weight is 248 g/mol. The van der Waals surface area contributed by atoms with Gasteiger partial charge in [-0.3, -0.25) is 0 Å². The molecule has 0 aliphatic rings. The molecular formula is C13H14NO2S+. The van der Waals surface area contributed by atoms with Crippen LogP contribution in [0.3, 0.4) is 0 Å². The third kappa shape index (κ3) is 2.08. The summed E-state index contributed by atoms with van der Waals surface area (Å²) in [6.45, 7) is 6.05. The van der Waals surface area contributed by atoms with Crippen molar-refractivity contribution in [3.05, 3.63) is 45.4 Å². The maximum atomic E-state index is 11.1. The average Bonchev–Trinajstić information content (AvgIpc) is 2.64. The van der Waals surface area contributed by atoms with E-state index in [9.17, 15) is 4.79 Å². The van der Waals surface area contributed by atoms with Crippen LogP contribution in [0.5, 0.6) is 0 Å². The maximum Gasteiger partial charge on any atom is 0.413 e. The van der Waals surface area contributed by atoms with Gasteiger partial charge in [-0.15, -0.1) is 4.57 Å². The van der Waals surface area contributed by atoms with Crippen molar-refractivity contribution >= 4 is 17.3 Å². The van der Waals surface area contributed by atoms with Gasteiger partial charge >= 0.3 is 11.0 Å². The Bertz CT molecular complexity index is 564. The highest BCUT2D eigenvalue weighted by molar-refractivity contribution is 7.11. The lowest BCUT2D eigenvalue weighted by atomic mass is 10.0. The molecule has 1 N–H and O–H groups in total. The SMILES string of the molecule is Cc1cc(C)c(-[n+]2ccsc2C(=O)O)c(C)c1. The molecule has 0 radical (unpaired) electrons. The Morgan fingerprint density at radius 2 is 1.82 bits per heavy atom. The van der Waals surface area contributed by atoms with Crippen LogP contribution in [0.1, 0.15) is 26.5 Å². The molecule has 3 nitrogen and oxygen atoms in total. The molecule has 17 heavy (non-hydrogen) atoms. The molecular weight excluding hydrogens is 234 g/mol. The number of carboxylic acids is 1. The van der Waals surface area contributed by atoms with E-state index in [0.29, 0.717) is 5.01 Å². The normalized spacial score (nSPS) is 10.5. The maximum absolute atomic E-state index is 11.1. The molecule has 0 amide bonds. The zero-order valence-electron chi connectivity index (χ0n) is 10.0. The monoisotopic (exact) mass is 248 g/mol. The van der Waals surface area contributed by atoms with E-state index in [1.807, 2.05) is 20.8 Å². The second-order valence-electron chi connectivity index (χ2n) is 4.13. The van der Waals surface area contributed by atoms with E-state index >= 15 is 0 Å². The van der Waals surface area contributed by atoms with Gasteiger partial charge in [-0.2, -0.15) is 0 Å². The largest absolute Gasteiger partial charge is 0.473 e. The zero-order chi connectivity index (χ0) is 12.6. The standard InChI is InChI=1S/C13H13NO2S/c1-8-6-9(2)11(10(3)7-8)14-4-5-17-12(14)13(15)16/h4-7H,1-3H3/p+1. The number of carbonyl (C=O) groups is 1. The van der Waals surface area contributed by atoms with E-state index in [2.05, 4.69) is 12.1 Å². The van der Waals surface area contributed by atoms with E-state index in [4.69, 9.17) is 5.11 Å². The van der Waals surface area contributed by atoms with Gasteiger partial charge in [0.25, 0.3) is 0 Å². The summed E-state index contributed by atoms with van der Waals surface area (Å²) >= 11 is 1.24. The lowest BCUT2D eigenvalue weighted by Crippen LogP contribution is -2.36. The predicted molar refractivity (Wildman–Crippen MR) is 67.0 cm³/mol. The minimum Gasteiger partial charge on any atom is -0.473 e. The van der Waals surface area contributed by atoms with Crippen molar-refractivity contribution in [2.75, 3.05) is 0 Å². The minimum absolute atomic E-state index is 0.333. The molecule has 2 rings (SSSR count). The van der Waals surface area contributed by atoms with Crippen LogP contribution in [0.15, 0.2) is 23.7 Å². The number of benzene rings is 1. The van der Waals surface area contributed by atoms with Crippen molar-refractivity contribution < 1.29 is 14.5 Å². The van der Waals surface area contributed by atoms with Crippen molar-refractivity contribution in [1.29, 1.82) is 0 Å². The Morgan fingerprint density at radius 3 is 2.35 bits per heavy atom. The highest BCUT2D eigenvalue weighted by Crippen LogP contribution is 2.18. The molecule has 4 heteroatoms. The summed E-state index contributed by atoms with van der Waals surface area (Å²) in [6.07, 6.45) is 1.80. The van der Waals surface area contributed by atoms with Crippen molar-refractivity contribution in [1.82, 2.24) is 0 Å². The molecule has 88 valence electrons. The second-order valence-corrected chi connectivity index (χ2v) is 5.03. The van der Waals surface area contributed by atoms with E-state index in [1.54, 1.807) is 16.1 Å². The van der Waals surface area contributed by atoms with Gasteiger partial charge < -0.3 is 5.11 Å². The summed E-state index contributed by atoms with van der Waals surface area (Å²) in [5.41, 5.74) is 4.34. The molecule has 0 aliphatic carbocycles. The molecule has 0 saturated heterocycles. The summed E-state index contributed by atoms with van der Waals surface area (Å²) in [6, 6.07) is 4.14. The smallest absolute Gasteiger partial charge is 0.413 e. The van der Waals surface area contributed by atoms with Crippen LogP contribution >= 0.6 is 11.3 Å². The van der Waals surface area contributed by atoms with Gasteiger partial charge in [0, 0.05) is 11.1 Å². The fraction of sp³-hybridized carbons (Fsp3) is 0.231. The first kappa shape index (κ1) is 11.8. The Labute approximate surface area is 104 Å². The predicted octanol–water partition coefficient (Wildman–Crippen LogP) is 2.65. The van der Waals surface area contributed by atoms with Crippen LogP contribution < -0.4 is 4.57 Å². The fourth-order valence-corrected chi connectivity index (χ4v) is 2.84. The number of hydrogen-bond donors (Lipinski definition) is 1. The van der Waals surface area contributed by atoms with Gasteiger partial charge in [0.1, 0.15) is 0 Å². The first-order valence-corrected chi connectivity index (χ1v) is 6.19. The van der Waals surface area contributed by atoms with Crippen molar-refractivity contribution in [3.8, 4) is 5.69 Å². The number of aryl methyl sites for hydroxylation is 3. The third-order valence-corrected chi connectivity index (χ3v) is 3.52. The summed E-state index contributed by atoms with van der Waals surface area (Å²) < 4.78 is 1.75. The zero-order valence-corrected chi connectivity index (χ0v) is 10.8. The van der Waals surface area contributed by atoms with Gasteiger partial charge in [-0.1, -0.05) is 16.9 Å². The van der Waals surface area contributed by atoms with Gasteiger partial charge in [-0.05, 0) is 32.9 Å². The van der Waals surface area contributed by atoms with Crippen LogP contribution in [0.25, 0.3) is 5.69 Å². The molecule has 0 aliphatic heterocycles. The topological polar surface area (TPSA) is 41.2 Å². The number of carboxylic acid groups (broad SMARTS) is 1. The van der Waals surface area contributed by atoms with Crippen LogP contribution in [-0.2, 0) is 0 Å². The Morgan fingerprint density at radius 1 is 1.24 bits per heavy atom. The number of aromatic carboxylic acids is 1. The van der Waals surface area contributed by atoms with Gasteiger partial charge in [0.2, 0.25) is 5.69 Å². The second kappa shape index (κ2) is 4.30. The van der Waals surface area contributed by atoms with Crippen molar-refractivity contribution in [2.45, 2.75) is 20.8 Å². The molecule has 0 atom stereocenters. The van der Waals surface area contributed by atoms with E-state index in [-0.39, 0.29) is 0 Å². The van der Waals surface area contributed by atoms with Crippen molar-refractivity contribution in [3.63, 3.8) is 0 Å². The highest BCUT2D eigenvalue weighted by atomic mass is 32.1. The van der Waals surface area contributed by atoms with Crippen LogP contribution in [-0.4, -0.2) is 11.1 Å². The molecule has 0 spiro atoms. The number of nitrogens with zero attached hydrogens (tertiary/aromatic N) is 1. The quantitative estimate of drug-likeness (QED) is 0.830. The minimum atomic E-state index is -0.889. The summed E-state index contributed by atoms with van der Waals surface area (Å²) in [5.74, 6) is -0.889. The van der Waals surface area contributed by atoms with Crippen molar-refractivity contribution in [2.24, 2.45) is 0 Å². The lowest BCUT2D eigenvalue weighted by molar-refractivity contribution is -0.593. The molecule has 1 heterocycles. The van der Waals surface area contributed by atoms with Crippen LogP contribution in [0, 0.1) is 20.8 Å². The van der Waals surface area contributed by atoms with E-state index in [0.717, 1.165) is 16.8 Å². The van der Waals surface area contributed by atoms with Crippen LogP contribution in [0.4, 0.5) is 0 Å². The molecule has 0 unspecified atom stereocenters.